The van der Waals surface area contributed by atoms with Crippen LogP contribution in [0.2, 0.25) is 0 Å². The van der Waals surface area contributed by atoms with E-state index < -0.39 is 12.2 Å². The zero-order valence-electron chi connectivity index (χ0n) is 10.00. The maximum Gasteiger partial charge on any atom is 0.407 e. The van der Waals surface area contributed by atoms with Gasteiger partial charge in [-0.1, -0.05) is 12.1 Å². The molecule has 2 N–H and O–H groups in total. The van der Waals surface area contributed by atoms with Crippen molar-refractivity contribution < 1.29 is 23.0 Å². The summed E-state index contributed by atoms with van der Waals surface area (Å²) >= 11 is 0. The molecule has 6 heteroatoms. The first-order chi connectivity index (χ1) is 8.49. The zero-order valence-corrected chi connectivity index (χ0v) is 10.00. The van der Waals surface area contributed by atoms with Crippen LogP contribution in [-0.4, -0.2) is 31.5 Å². The number of hydrogen-bond donors (Lipinski definition) is 2. The first kappa shape index (κ1) is 14.8. The molecule has 0 radical (unpaired) electrons. The van der Waals surface area contributed by atoms with E-state index in [1.807, 2.05) is 0 Å². The second-order valence-electron chi connectivity index (χ2n) is 3.78. The van der Waals surface area contributed by atoms with Crippen LogP contribution in [-0.2, 0) is 0 Å². The number of benzene rings is 1. The summed E-state index contributed by atoms with van der Waals surface area (Å²) in [5.41, 5.74) is 0.126. The normalized spacial score (nSPS) is 13.4. The van der Waals surface area contributed by atoms with Gasteiger partial charge in [-0.25, -0.2) is 0 Å². The number of aliphatic hydroxyl groups excluding tert-OH is 1. The van der Waals surface area contributed by atoms with Crippen LogP contribution >= 0.6 is 0 Å². The minimum Gasteiger partial charge on any atom is -0.497 e. The van der Waals surface area contributed by atoms with Gasteiger partial charge in [0.25, 0.3) is 0 Å². The lowest BCUT2D eigenvalue weighted by molar-refractivity contribution is -0.157. The van der Waals surface area contributed by atoms with E-state index in [1.165, 1.54) is 31.4 Å². The number of methoxy groups -OCH3 is 1. The fourth-order valence-corrected chi connectivity index (χ4v) is 1.54. The summed E-state index contributed by atoms with van der Waals surface area (Å²) < 4.78 is 43.5. The van der Waals surface area contributed by atoms with E-state index in [0.29, 0.717) is 5.75 Å². The second-order valence-corrected chi connectivity index (χ2v) is 3.78. The second kappa shape index (κ2) is 6.61. The highest BCUT2D eigenvalue weighted by atomic mass is 19.4. The summed E-state index contributed by atoms with van der Waals surface area (Å²) in [5.74, 6) is 0.509. The van der Waals surface area contributed by atoms with Gasteiger partial charge < -0.3 is 15.2 Å². The van der Waals surface area contributed by atoms with Crippen molar-refractivity contribution in [2.24, 2.45) is 0 Å². The van der Waals surface area contributed by atoms with Gasteiger partial charge in [0, 0.05) is 6.61 Å². The minimum absolute atomic E-state index is 0.104. The monoisotopic (exact) mass is 263 g/mol. The Balaban J connectivity index is 2.81. The summed E-state index contributed by atoms with van der Waals surface area (Å²) in [6.45, 7) is -0.0348. The molecule has 0 spiro atoms. The van der Waals surface area contributed by atoms with Crippen molar-refractivity contribution in [2.45, 2.75) is 18.6 Å². The van der Waals surface area contributed by atoms with Crippen molar-refractivity contribution in [2.75, 3.05) is 20.3 Å². The zero-order chi connectivity index (χ0) is 13.6. The van der Waals surface area contributed by atoms with Crippen LogP contribution in [0, 0.1) is 0 Å². The lowest BCUT2D eigenvalue weighted by Crippen LogP contribution is -2.35. The Labute approximate surface area is 104 Å². The predicted molar refractivity (Wildman–Crippen MR) is 61.5 cm³/mol. The van der Waals surface area contributed by atoms with E-state index in [0.717, 1.165) is 0 Å². The molecule has 1 unspecified atom stereocenters. The maximum atomic E-state index is 12.9. The SMILES string of the molecule is COc1ccc(C(NCCCO)C(F)(F)F)cc1. The van der Waals surface area contributed by atoms with Crippen LogP contribution in [0.25, 0.3) is 0 Å². The molecule has 1 aromatic rings. The van der Waals surface area contributed by atoms with Gasteiger partial charge in [0.05, 0.1) is 7.11 Å². The summed E-state index contributed by atoms with van der Waals surface area (Å²) in [4.78, 5) is 0. The van der Waals surface area contributed by atoms with E-state index in [2.05, 4.69) is 5.32 Å². The largest absolute Gasteiger partial charge is 0.497 e. The van der Waals surface area contributed by atoms with Gasteiger partial charge in [0.15, 0.2) is 0 Å². The van der Waals surface area contributed by atoms with E-state index in [1.54, 1.807) is 0 Å². The van der Waals surface area contributed by atoms with Crippen molar-refractivity contribution in [3.05, 3.63) is 29.8 Å². The van der Waals surface area contributed by atoms with E-state index >= 15 is 0 Å². The Morgan fingerprint density at radius 3 is 2.33 bits per heavy atom. The number of rotatable bonds is 6. The molecule has 0 heterocycles. The first-order valence-electron chi connectivity index (χ1n) is 5.54. The van der Waals surface area contributed by atoms with Crippen molar-refractivity contribution in [1.82, 2.24) is 5.32 Å². The highest BCUT2D eigenvalue weighted by Crippen LogP contribution is 2.33. The number of hydrogen-bond acceptors (Lipinski definition) is 3. The maximum absolute atomic E-state index is 12.9. The average Bonchev–Trinajstić information content (AvgIpc) is 2.33. The smallest absolute Gasteiger partial charge is 0.407 e. The Morgan fingerprint density at radius 1 is 1.28 bits per heavy atom. The quantitative estimate of drug-likeness (QED) is 0.774. The lowest BCUT2D eigenvalue weighted by Gasteiger charge is -2.22. The third-order valence-electron chi connectivity index (χ3n) is 2.46. The number of ether oxygens (including phenoxy) is 1. The van der Waals surface area contributed by atoms with Gasteiger partial charge in [0.2, 0.25) is 0 Å². The Hall–Kier alpha value is -1.27. The number of halogens is 3. The molecule has 18 heavy (non-hydrogen) atoms. The van der Waals surface area contributed by atoms with E-state index in [4.69, 9.17) is 9.84 Å². The van der Waals surface area contributed by atoms with Gasteiger partial charge in [0.1, 0.15) is 11.8 Å². The Kier molecular flexibility index (Phi) is 5.43. The fourth-order valence-electron chi connectivity index (χ4n) is 1.54. The summed E-state index contributed by atoms with van der Waals surface area (Å²) in [5, 5.41) is 11.0. The summed E-state index contributed by atoms with van der Waals surface area (Å²) in [7, 11) is 1.45. The van der Waals surface area contributed by atoms with Crippen LogP contribution in [0.1, 0.15) is 18.0 Å². The van der Waals surface area contributed by atoms with Gasteiger partial charge >= 0.3 is 6.18 Å². The molecule has 0 aliphatic rings. The van der Waals surface area contributed by atoms with Crippen LogP contribution in [0.5, 0.6) is 5.75 Å². The van der Waals surface area contributed by atoms with Crippen LogP contribution in [0.15, 0.2) is 24.3 Å². The van der Waals surface area contributed by atoms with Gasteiger partial charge in [-0.3, -0.25) is 0 Å². The van der Waals surface area contributed by atoms with Gasteiger partial charge in [-0.2, -0.15) is 13.2 Å². The standard InChI is InChI=1S/C12H16F3NO2/c1-18-10-5-3-9(4-6-10)11(12(13,14)15)16-7-2-8-17/h3-6,11,16-17H,2,7-8H2,1H3. The molecule has 1 atom stereocenters. The minimum atomic E-state index is -4.37. The lowest BCUT2D eigenvalue weighted by atomic mass is 10.1. The van der Waals surface area contributed by atoms with E-state index in [9.17, 15) is 13.2 Å². The molecule has 0 saturated carbocycles. The molecular formula is C12H16F3NO2. The Morgan fingerprint density at radius 2 is 1.89 bits per heavy atom. The van der Waals surface area contributed by atoms with Crippen LogP contribution < -0.4 is 10.1 Å². The highest BCUT2D eigenvalue weighted by Gasteiger charge is 2.40. The van der Waals surface area contributed by atoms with E-state index in [-0.39, 0.29) is 25.1 Å². The molecule has 0 aromatic heterocycles. The van der Waals surface area contributed by atoms with Crippen molar-refractivity contribution in [3.63, 3.8) is 0 Å². The van der Waals surface area contributed by atoms with Crippen molar-refractivity contribution >= 4 is 0 Å². The first-order valence-corrected chi connectivity index (χ1v) is 5.54. The molecule has 0 aliphatic carbocycles. The molecular weight excluding hydrogens is 247 g/mol. The van der Waals surface area contributed by atoms with Crippen molar-refractivity contribution in [3.8, 4) is 5.75 Å². The highest BCUT2D eigenvalue weighted by molar-refractivity contribution is 5.29. The number of aliphatic hydroxyl groups is 1. The predicted octanol–water partition coefficient (Wildman–Crippen LogP) is 2.27. The molecule has 3 nitrogen and oxygen atoms in total. The summed E-state index contributed by atoms with van der Waals surface area (Å²) in [6, 6.07) is 4.00. The molecule has 1 rings (SSSR count). The third-order valence-corrected chi connectivity index (χ3v) is 2.46. The van der Waals surface area contributed by atoms with Crippen LogP contribution in [0.4, 0.5) is 13.2 Å². The Bertz CT molecular complexity index is 351. The fraction of sp³-hybridized carbons (Fsp3) is 0.500. The molecule has 0 bridgehead atoms. The number of nitrogens with one attached hydrogen (secondary N) is 1. The van der Waals surface area contributed by atoms with Crippen molar-refractivity contribution in [1.29, 1.82) is 0 Å². The summed E-state index contributed by atoms with van der Waals surface area (Å²) in [6.07, 6.45) is -4.09. The molecule has 102 valence electrons. The van der Waals surface area contributed by atoms with Crippen LogP contribution in [0.3, 0.4) is 0 Å². The third kappa shape index (κ3) is 4.19. The molecule has 0 saturated heterocycles. The van der Waals surface area contributed by atoms with Gasteiger partial charge in [-0.15, -0.1) is 0 Å². The van der Waals surface area contributed by atoms with Gasteiger partial charge in [-0.05, 0) is 30.7 Å². The molecule has 0 fully saturated rings. The molecule has 1 aromatic carbocycles. The average molecular weight is 263 g/mol. The number of alkyl halides is 3. The topological polar surface area (TPSA) is 41.5 Å². The molecule has 0 aliphatic heterocycles. The molecule has 0 amide bonds.